The molecule has 2 aromatic carbocycles. The first kappa shape index (κ1) is 13.7. The van der Waals surface area contributed by atoms with Crippen LogP contribution in [0.25, 0.3) is 0 Å². The summed E-state index contributed by atoms with van der Waals surface area (Å²) < 4.78 is 13.2. The Bertz CT molecular complexity index is 593. The molecule has 2 rings (SSSR count). The van der Waals surface area contributed by atoms with Gasteiger partial charge in [0, 0.05) is 17.3 Å². The molecule has 0 atom stereocenters. The van der Waals surface area contributed by atoms with Crippen LogP contribution in [0.3, 0.4) is 0 Å². The zero-order chi connectivity index (χ0) is 14.0. The highest BCUT2D eigenvalue weighted by Gasteiger charge is 2.04. The molecule has 0 unspecified atom stereocenters. The van der Waals surface area contributed by atoms with Crippen LogP contribution in [0.1, 0.15) is 16.7 Å². The van der Waals surface area contributed by atoms with Gasteiger partial charge in [0.15, 0.2) is 0 Å². The van der Waals surface area contributed by atoms with Gasteiger partial charge in [0.05, 0.1) is 0 Å². The molecule has 0 radical (unpaired) electrons. The van der Waals surface area contributed by atoms with Crippen molar-refractivity contribution in [3.8, 4) is 5.75 Å². The van der Waals surface area contributed by atoms with Crippen molar-refractivity contribution in [2.45, 2.75) is 20.4 Å². The number of anilines is 1. The summed E-state index contributed by atoms with van der Waals surface area (Å²) in [6.45, 7) is 4.21. The minimum absolute atomic E-state index is 0.275. The van der Waals surface area contributed by atoms with Crippen molar-refractivity contribution in [3.05, 3.63) is 57.9 Å². The highest BCUT2D eigenvalue weighted by Crippen LogP contribution is 2.25. The molecule has 0 aliphatic carbocycles. The van der Waals surface area contributed by atoms with Crippen LogP contribution in [-0.4, -0.2) is 5.11 Å². The van der Waals surface area contributed by atoms with E-state index in [1.165, 1.54) is 12.1 Å². The highest BCUT2D eigenvalue weighted by molar-refractivity contribution is 6.30. The number of hydrogen-bond acceptors (Lipinski definition) is 2. The molecule has 100 valence electrons. The zero-order valence-electron chi connectivity index (χ0n) is 10.8. The summed E-state index contributed by atoms with van der Waals surface area (Å²) in [5.74, 6) is -0.0697. The van der Waals surface area contributed by atoms with E-state index in [9.17, 15) is 9.50 Å². The minimum atomic E-state index is -0.345. The molecule has 0 heterocycles. The monoisotopic (exact) mass is 279 g/mol. The van der Waals surface area contributed by atoms with Gasteiger partial charge in [-0.2, -0.15) is 0 Å². The van der Waals surface area contributed by atoms with Crippen LogP contribution in [0.2, 0.25) is 5.02 Å². The molecule has 4 heteroatoms. The number of phenols is 1. The number of aromatic hydroxyl groups is 1. The van der Waals surface area contributed by atoms with E-state index in [1.54, 1.807) is 12.1 Å². The van der Waals surface area contributed by atoms with Crippen LogP contribution < -0.4 is 5.32 Å². The number of phenolic OH excluding ortho intramolecular Hbond substituents is 1. The minimum Gasteiger partial charge on any atom is -0.508 e. The molecule has 0 saturated heterocycles. The molecule has 19 heavy (non-hydrogen) atoms. The first-order valence-electron chi connectivity index (χ1n) is 5.95. The summed E-state index contributed by atoms with van der Waals surface area (Å²) in [6, 6.07) is 8.02. The largest absolute Gasteiger partial charge is 0.508 e. The van der Waals surface area contributed by atoms with Gasteiger partial charge in [-0.15, -0.1) is 0 Å². The molecule has 2 N–H and O–H groups in total. The van der Waals surface area contributed by atoms with Crippen molar-refractivity contribution in [1.29, 1.82) is 0 Å². The quantitative estimate of drug-likeness (QED) is 0.816. The van der Waals surface area contributed by atoms with Gasteiger partial charge in [-0.25, -0.2) is 4.39 Å². The predicted octanol–water partition coefficient (Wildman–Crippen LogP) is 4.41. The Morgan fingerprint density at radius 2 is 1.84 bits per heavy atom. The summed E-state index contributed by atoms with van der Waals surface area (Å²) in [4.78, 5) is 0. The molecular weight excluding hydrogens is 265 g/mol. The molecule has 2 nitrogen and oxygen atoms in total. The maximum absolute atomic E-state index is 13.2. The molecule has 0 saturated carbocycles. The fourth-order valence-corrected chi connectivity index (χ4v) is 2.15. The second-order valence-electron chi connectivity index (χ2n) is 4.58. The van der Waals surface area contributed by atoms with E-state index in [4.69, 9.17) is 11.6 Å². The van der Waals surface area contributed by atoms with Crippen molar-refractivity contribution in [3.63, 3.8) is 0 Å². The van der Waals surface area contributed by atoms with E-state index in [1.807, 2.05) is 19.9 Å². The Labute approximate surface area is 116 Å². The Balaban J connectivity index is 2.16. The third-order valence-corrected chi connectivity index (χ3v) is 3.17. The van der Waals surface area contributed by atoms with Gasteiger partial charge in [0.25, 0.3) is 0 Å². The highest BCUT2D eigenvalue weighted by atomic mass is 35.5. The topological polar surface area (TPSA) is 32.3 Å². The van der Waals surface area contributed by atoms with Gasteiger partial charge in [-0.05, 0) is 60.9 Å². The number of rotatable bonds is 3. The van der Waals surface area contributed by atoms with Crippen LogP contribution in [-0.2, 0) is 6.54 Å². The van der Waals surface area contributed by atoms with Crippen LogP contribution >= 0.6 is 11.6 Å². The van der Waals surface area contributed by atoms with Gasteiger partial charge in [0.1, 0.15) is 11.6 Å². The van der Waals surface area contributed by atoms with Gasteiger partial charge in [-0.1, -0.05) is 11.6 Å². The van der Waals surface area contributed by atoms with Crippen molar-refractivity contribution in [1.82, 2.24) is 0 Å². The number of halogens is 2. The first-order chi connectivity index (χ1) is 8.95. The maximum Gasteiger partial charge on any atom is 0.125 e. The number of hydrogen-bond donors (Lipinski definition) is 2. The van der Waals surface area contributed by atoms with E-state index in [0.717, 1.165) is 22.4 Å². The average molecular weight is 280 g/mol. The second-order valence-corrected chi connectivity index (χ2v) is 5.02. The molecular formula is C15H15ClFNO. The lowest BCUT2D eigenvalue weighted by atomic mass is 10.1. The Hall–Kier alpha value is -1.74. The van der Waals surface area contributed by atoms with Crippen molar-refractivity contribution < 1.29 is 9.50 Å². The third kappa shape index (κ3) is 3.38. The lowest BCUT2D eigenvalue weighted by Crippen LogP contribution is -2.02. The molecule has 0 fully saturated rings. The van der Waals surface area contributed by atoms with Gasteiger partial charge in [-0.3, -0.25) is 0 Å². The average Bonchev–Trinajstić information content (AvgIpc) is 2.31. The summed E-state index contributed by atoms with van der Waals surface area (Å²) in [6.07, 6.45) is 0. The number of benzene rings is 2. The van der Waals surface area contributed by atoms with E-state index in [2.05, 4.69) is 5.32 Å². The van der Waals surface area contributed by atoms with E-state index in [0.29, 0.717) is 11.6 Å². The normalized spacial score (nSPS) is 10.5. The lowest BCUT2D eigenvalue weighted by molar-refractivity contribution is 0.471. The summed E-state index contributed by atoms with van der Waals surface area (Å²) >= 11 is 5.81. The molecule has 2 aromatic rings. The fraction of sp³-hybridized carbons (Fsp3) is 0.200. The Kier molecular flexibility index (Phi) is 3.96. The molecule has 0 amide bonds. The number of nitrogens with one attached hydrogen (secondary N) is 1. The van der Waals surface area contributed by atoms with Gasteiger partial charge in [0.2, 0.25) is 0 Å². The Morgan fingerprint density at radius 3 is 2.53 bits per heavy atom. The molecule has 0 aliphatic heterocycles. The number of aryl methyl sites for hydroxylation is 2. The van der Waals surface area contributed by atoms with Gasteiger partial charge >= 0.3 is 0 Å². The van der Waals surface area contributed by atoms with E-state index in [-0.39, 0.29) is 11.6 Å². The van der Waals surface area contributed by atoms with E-state index >= 15 is 0 Å². The van der Waals surface area contributed by atoms with Crippen molar-refractivity contribution in [2.24, 2.45) is 0 Å². The van der Waals surface area contributed by atoms with Crippen molar-refractivity contribution in [2.75, 3.05) is 5.32 Å². The SMILES string of the molecule is Cc1cc(NCc2cc(F)cc(Cl)c2)c(C)cc1O. The summed E-state index contributed by atoms with van der Waals surface area (Å²) in [5, 5.41) is 13.2. The van der Waals surface area contributed by atoms with Crippen LogP contribution in [0, 0.1) is 19.7 Å². The predicted molar refractivity (Wildman–Crippen MR) is 76.3 cm³/mol. The first-order valence-corrected chi connectivity index (χ1v) is 6.32. The van der Waals surface area contributed by atoms with Crippen LogP contribution in [0.4, 0.5) is 10.1 Å². The maximum atomic E-state index is 13.2. The molecule has 0 aromatic heterocycles. The summed E-state index contributed by atoms with van der Waals surface area (Å²) in [5.41, 5.74) is 3.42. The van der Waals surface area contributed by atoms with E-state index < -0.39 is 0 Å². The second kappa shape index (κ2) is 5.49. The van der Waals surface area contributed by atoms with Gasteiger partial charge < -0.3 is 10.4 Å². The lowest BCUT2D eigenvalue weighted by Gasteiger charge is -2.12. The Morgan fingerprint density at radius 1 is 1.11 bits per heavy atom. The third-order valence-electron chi connectivity index (χ3n) is 2.95. The standard InChI is InChI=1S/C15H15ClFNO/c1-9-4-15(19)10(2)3-14(9)18-8-11-5-12(16)7-13(17)6-11/h3-7,18-19H,8H2,1-2H3. The van der Waals surface area contributed by atoms with Crippen molar-refractivity contribution >= 4 is 17.3 Å². The smallest absolute Gasteiger partial charge is 0.125 e. The van der Waals surface area contributed by atoms with Crippen LogP contribution in [0.15, 0.2) is 30.3 Å². The fourth-order valence-electron chi connectivity index (χ4n) is 1.90. The zero-order valence-corrected chi connectivity index (χ0v) is 11.6. The summed E-state index contributed by atoms with van der Waals surface area (Å²) in [7, 11) is 0. The van der Waals surface area contributed by atoms with Crippen LogP contribution in [0.5, 0.6) is 5.75 Å². The molecule has 0 bridgehead atoms. The molecule has 0 spiro atoms. The molecule has 0 aliphatic rings.